The summed E-state index contributed by atoms with van der Waals surface area (Å²) in [5, 5.41) is 0.529. The maximum Gasteiger partial charge on any atom is 0.254 e. The highest BCUT2D eigenvalue weighted by Gasteiger charge is 2.19. The van der Waals surface area contributed by atoms with Crippen molar-refractivity contribution in [3.8, 4) is 0 Å². The van der Waals surface area contributed by atoms with Gasteiger partial charge in [-0.25, -0.2) is 4.98 Å². The highest BCUT2D eigenvalue weighted by atomic mass is 32.1. The molecule has 6 heteroatoms. The minimum atomic E-state index is 0.0340. The van der Waals surface area contributed by atoms with E-state index in [1.165, 1.54) is 11.3 Å². The SMILES string of the molecule is Nc1nc2cc(C(=O)N3CCOCC3)ccc2s1. The summed E-state index contributed by atoms with van der Waals surface area (Å²) in [7, 11) is 0. The van der Waals surface area contributed by atoms with Crippen LogP contribution in [0.2, 0.25) is 0 Å². The van der Waals surface area contributed by atoms with E-state index in [0.717, 1.165) is 10.2 Å². The van der Waals surface area contributed by atoms with Gasteiger partial charge in [-0.2, -0.15) is 0 Å². The number of rotatable bonds is 1. The van der Waals surface area contributed by atoms with Gasteiger partial charge in [-0.3, -0.25) is 4.79 Å². The molecule has 1 saturated heterocycles. The molecule has 18 heavy (non-hydrogen) atoms. The molecule has 0 saturated carbocycles. The Morgan fingerprint density at radius 3 is 2.94 bits per heavy atom. The zero-order valence-electron chi connectivity index (χ0n) is 9.76. The van der Waals surface area contributed by atoms with Gasteiger partial charge in [0.2, 0.25) is 0 Å². The van der Waals surface area contributed by atoms with Crippen molar-refractivity contribution in [2.45, 2.75) is 0 Å². The van der Waals surface area contributed by atoms with Crippen molar-refractivity contribution in [2.75, 3.05) is 32.0 Å². The molecule has 2 N–H and O–H groups in total. The minimum absolute atomic E-state index is 0.0340. The molecule has 0 atom stereocenters. The molecule has 0 unspecified atom stereocenters. The molecule has 1 aliphatic rings. The number of benzene rings is 1. The molecule has 94 valence electrons. The number of nitrogens with two attached hydrogens (primary N) is 1. The quantitative estimate of drug-likeness (QED) is 0.843. The van der Waals surface area contributed by atoms with Crippen LogP contribution in [0.25, 0.3) is 10.2 Å². The van der Waals surface area contributed by atoms with Crippen LogP contribution in [0.15, 0.2) is 18.2 Å². The van der Waals surface area contributed by atoms with Crippen molar-refractivity contribution < 1.29 is 9.53 Å². The highest BCUT2D eigenvalue weighted by Crippen LogP contribution is 2.24. The summed E-state index contributed by atoms with van der Waals surface area (Å²) >= 11 is 1.43. The molecule has 0 aliphatic carbocycles. The topological polar surface area (TPSA) is 68.5 Å². The molecule has 1 amide bonds. The first-order chi connectivity index (χ1) is 8.74. The molecule has 1 aromatic heterocycles. The van der Waals surface area contributed by atoms with E-state index in [2.05, 4.69) is 4.98 Å². The van der Waals surface area contributed by atoms with Crippen LogP contribution in [-0.2, 0) is 4.74 Å². The molecule has 0 radical (unpaired) electrons. The van der Waals surface area contributed by atoms with E-state index in [1.807, 2.05) is 12.1 Å². The van der Waals surface area contributed by atoms with E-state index in [0.29, 0.717) is 37.0 Å². The molecule has 3 rings (SSSR count). The molecule has 0 bridgehead atoms. The summed E-state index contributed by atoms with van der Waals surface area (Å²) in [5.74, 6) is 0.0340. The van der Waals surface area contributed by atoms with E-state index >= 15 is 0 Å². The molecule has 5 nitrogen and oxygen atoms in total. The van der Waals surface area contributed by atoms with Crippen LogP contribution in [0, 0.1) is 0 Å². The fraction of sp³-hybridized carbons (Fsp3) is 0.333. The van der Waals surface area contributed by atoms with Crippen molar-refractivity contribution in [1.82, 2.24) is 9.88 Å². The summed E-state index contributed by atoms with van der Waals surface area (Å²) in [6.07, 6.45) is 0. The number of fused-ring (bicyclic) bond motifs is 1. The average Bonchev–Trinajstić information content (AvgIpc) is 2.78. The van der Waals surface area contributed by atoms with Crippen LogP contribution < -0.4 is 5.73 Å². The second-order valence-corrected chi connectivity index (χ2v) is 5.20. The summed E-state index contributed by atoms with van der Waals surface area (Å²) in [4.78, 5) is 18.3. The molecule has 1 aliphatic heterocycles. The van der Waals surface area contributed by atoms with Crippen molar-refractivity contribution in [2.24, 2.45) is 0 Å². The number of nitrogens with zero attached hydrogens (tertiary/aromatic N) is 2. The zero-order valence-corrected chi connectivity index (χ0v) is 10.6. The van der Waals surface area contributed by atoms with Crippen LogP contribution in [0.4, 0.5) is 5.13 Å². The van der Waals surface area contributed by atoms with Gasteiger partial charge in [-0.05, 0) is 18.2 Å². The Labute approximate surface area is 108 Å². The first-order valence-electron chi connectivity index (χ1n) is 5.77. The Bertz CT molecular complexity index is 590. The van der Waals surface area contributed by atoms with Gasteiger partial charge < -0.3 is 15.4 Å². The molecule has 1 fully saturated rings. The maximum atomic E-state index is 12.3. The van der Waals surface area contributed by atoms with Gasteiger partial charge in [0.25, 0.3) is 5.91 Å². The van der Waals surface area contributed by atoms with Crippen molar-refractivity contribution in [1.29, 1.82) is 0 Å². The van der Waals surface area contributed by atoms with E-state index in [9.17, 15) is 4.79 Å². The summed E-state index contributed by atoms with van der Waals surface area (Å²) in [5.41, 5.74) is 7.11. The van der Waals surface area contributed by atoms with Gasteiger partial charge in [0.15, 0.2) is 5.13 Å². The molecule has 0 spiro atoms. The number of anilines is 1. The van der Waals surface area contributed by atoms with E-state index in [1.54, 1.807) is 11.0 Å². The van der Waals surface area contributed by atoms with Crippen LogP contribution in [0.5, 0.6) is 0 Å². The van der Waals surface area contributed by atoms with Gasteiger partial charge in [0, 0.05) is 18.7 Å². The molecular weight excluding hydrogens is 250 g/mol. The number of nitrogen functional groups attached to an aromatic ring is 1. The van der Waals surface area contributed by atoms with Gasteiger partial charge >= 0.3 is 0 Å². The van der Waals surface area contributed by atoms with Gasteiger partial charge in [-0.1, -0.05) is 11.3 Å². The number of hydrogen-bond acceptors (Lipinski definition) is 5. The molecule has 2 heterocycles. The number of ether oxygens (including phenoxy) is 1. The Kier molecular flexibility index (Phi) is 2.89. The number of carbonyl (C=O) groups is 1. The predicted octanol–water partition coefficient (Wildman–Crippen LogP) is 1.35. The third kappa shape index (κ3) is 2.04. The van der Waals surface area contributed by atoms with Gasteiger partial charge in [-0.15, -0.1) is 0 Å². The third-order valence-corrected chi connectivity index (χ3v) is 3.81. The predicted molar refractivity (Wildman–Crippen MR) is 70.8 cm³/mol. The lowest BCUT2D eigenvalue weighted by molar-refractivity contribution is 0.0303. The normalized spacial score (nSPS) is 16.1. The average molecular weight is 263 g/mol. The standard InChI is InChI=1S/C12H13N3O2S/c13-12-14-9-7-8(1-2-10(9)18-12)11(16)15-3-5-17-6-4-15/h1-2,7H,3-6H2,(H2,13,14). The minimum Gasteiger partial charge on any atom is -0.378 e. The van der Waals surface area contributed by atoms with Crippen molar-refractivity contribution in [3.63, 3.8) is 0 Å². The first kappa shape index (κ1) is 11.4. The monoisotopic (exact) mass is 263 g/mol. The summed E-state index contributed by atoms with van der Waals surface area (Å²) < 4.78 is 6.24. The van der Waals surface area contributed by atoms with Gasteiger partial charge in [0.05, 0.1) is 23.4 Å². The van der Waals surface area contributed by atoms with Gasteiger partial charge in [0.1, 0.15) is 0 Å². The highest BCUT2D eigenvalue weighted by molar-refractivity contribution is 7.22. The van der Waals surface area contributed by atoms with Crippen molar-refractivity contribution >= 4 is 32.6 Å². The third-order valence-electron chi connectivity index (χ3n) is 2.95. The lowest BCUT2D eigenvalue weighted by Crippen LogP contribution is -2.40. The Hall–Kier alpha value is -1.66. The Morgan fingerprint density at radius 1 is 1.39 bits per heavy atom. The van der Waals surface area contributed by atoms with E-state index < -0.39 is 0 Å². The lowest BCUT2D eigenvalue weighted by atomic mass is 10.2. The zero-order chi connectivity index (χ0) is 12.5. The number of morpholine rings is 1. The van der Waals surface area contributed by atoms with Crippen LogP contribution >= 0.6 is 11.3 Å². The number of carbonyl (C=O) groups excluding carboxylic acids is 1. The van der Waals surface area contributed by atoms with Crippen LogP contribution in [0.1, 0.15) is 10.4 Å². The number of hydrogen-bond donors (Lipinski definition) is 1. The summed E-state index contributed by atoms with van der Waals surface area (Å²) in [6.45, 7) is 2.52. The largest absolute Gasteiger partial charge is 0.378 e. The Morgan fingerprint density at radius 2 is 2.17 bits per heavy atom. The first-order valence-corrected chi connectivity index (χ1v) is 6.59. The lowest BCUT2D eigenvalue weighted by Gasteiger charge is -2.26. The smallest absolute Gasteiger partial charge is 0.254 e. The fourth-order valence-corrected chi connectivity index (χ4v) is 2.74. The second kappa shape index (κ2) is 4.55. The number of aromatic nitrogens is 1. The molecule has 1 aromatic carbocycles. The van der Waals surface area contributed by atoms with E-state index in [4.69, 9.17) is 10.5 Å². The number of thiazole rings is 1. The molecule has 2 aromatic rings. The maximum absolute atomic E-state index is 12.3. The second-order valence-electron chi connectivity index (χ2n) is 4.14. The summed E-state index contributed by atoms with van der Waals surface area (Å²) in [6, 6.07) is 5.54. The van der Waals surface area contributed by atoms with Crippen LogP contribution in [-0.4, -0.2) is 42.1 Å². The number of amides is 1. The van der Waals surface area contributed by atoms with E-state index in [-0.39, 0.29) is 5.91 Å². The van der Waals surface area contributed by atoms with Crippen LogP contribution in [0.3, 0.4) is 0 Å². The molecular formula is C12H13N3O2S. The fourth-order valence-electron chi connectivity index (χ4n) is 2.03. The van der Waals surface area contributed by atoms with Crippen molar-refractivity contribution in [3.05, 3.63) is 23.8 Å². The Balaban J connectivity index is 1.90.